The minimum absolute atomic E-state index is 0.0850. The maximum Gasteiger partial charge on any atom is 0.434 e. The van der Waals surface area contributed by atoms with Crippen LogP contribution in [0.3, 0.4) is 0 Å². The van der Waals surface area contributed by atoms with Crippen LogP contribution < -0.4 is 10.6 Å². The summed E-state index contributed by atoms with van der Waals surface area (Å²) in [7, 11) is 0. The first-order valence-corrected chi connectivity index (χ1v) is 11.0. The third kappa shape index (κ3) is 3.23. The molecule has 180 valence electrons. The minimum atomic E-state index is -4.91. The van der Waals surface area contributed by atoms with Gasteiger partial charge in [0.15, 0.2) is 5.69 Å². The Hall–Kier alpha value is -4.38. The van der Waals surface area contributed by atoms with Gasteiger partial charge in [-0.3, -0.25) is 9.59 Å². The predicted octanol–water partition coefficient (Wildman–Crippen LogP) is 5.47. The number of nitrogens with zero attached hydrogens (tertiary/aromatic N) is 4. The Morgan fingerprint density at radius 1 is 1.11 bits per heavy atom. The smallest absolute Gasteiger partial charge is 0.322 e. The zero-order chi connectivity index (χ0) is 25.4. The van der Waals surface area contributed by atoms with E-state index in [1.165, 1.54) is 24.4 Å². The number of amides is 2. The summed E-state index contributed by atoms with van der Waals surface area (Å²) < 4.78 is 45.2. The quantitative estimate of drug-likeness (QED) is 0.336. The summed E-state index contributed by atoms with van der Waals surface area (Å²) in [6.07, 6.45) is -2.60. The number of hydrogen-bond donors (Lipinski definition) is 2. The van der Waals surface area contributed by atoms with Gasteiger partial charge >= 0.3 is 6.18 Å². The number of carbonyl (C=O) groups is 2. The maximum atomic E-state index is 14.3. The molecule has 2 amide bonds. The Labute approximate surface area is 205 Å². The molecule has 4 heterocycles. The van der Waals surface area contributed by atoms with Crippen LogP contribution in [0.15, 0.2) is 54.9 Å². The molecule has 12 heteroatoms. The van der Waals surface area contributed by atoms with Crippen LogP contribution in [0.25, 0.3) is 22.0 Å². The maximum absolute atomic E-state index is 14.3. The zero-order valence-electron chi connectivity index (χ0n) is 18.3. The Balaban J connectivity index is 1.47. The average Bonchev–Trinajstić information content (AvgIpc) is 3.51. The van der Waals surface area contributed by atoms with Crippen LogP contribution in [0.4, 0.5) is 24.5 Å². The van der Waals surface area contributed by atoms with Crippen molar-refractivity contribution in [3.05, 3.63) is 82.4 Å². The molecule has 36 heavy (non-hydrogen) atoms. The van der Waals surface area contributed by atoms with Crippen molar-refractivity contribution in [1.29, 1.82) is 0 Å². The highest BCUT2D eigenvalue weighted by Gasteiger charge is 2.41. The van der Waals surface area contributed by atoms with E-state index in [0.717, 1.165) is 6.20 Å². The Morgan fingerprint density at radius 2 is 1.92 bits per heavy atom. The van der Waals surface area contributed by atoms with Crippen LogP contribution in [0.2, 0.25) is 5.02 Å². The molecular formula is C24H14ClF3N6O2. The first-order chi connectivity index (χ1) is 17.1. The van der Waals surface area contributed by atoms with Crippen LogP contribution >= 0.6 is 11.6 Å². The van der Waals surface area contributed by atoms with E-state index in [-0.39, 0.29) is 17.3 Å². The lowest BCUT2D eigenvalue weighted by atomic mass is 10.0. The summed E-state index contributed by atoms with van der Waals surface area (Å²) in [5.41, 5.74) is 0.414. The third-order valence-corrected chi connectivity index (χ3v) is 6.32. The lowest BCUT2D eigenvalue weighted by molar-refractivity contribution is -0.143. The number of fused-ring (bicyclic) bond motifs is 1. The summed E-state index contributed by atoms with van der Waals surface area (Å²) in [6, 6.07) is 10.8. The van der Waals surface area contributed by atoms with E-state index in [2.05, 4.69) is 20.8 Å². The summed E-state index contributed by atoms with van der Waals surface area (Å²) in [6.45, 7) is 1.72. The van der Waals surface area contributed by atoms with Crippen LogP contribution in [0.5, 0.6) is 0 Å². The largest absolute Gasteiger partial charge is 0.434 e. The van der Waals surface area contributed by atoms with Crippen molar-refractivity contribution >= 4 is 51.1 Å². The molecule has 2 aromatic carbocycles. The molecule has 1 aliphatic rings. The molecule has 0 fully saturated rings. The van der Waals surface area contributed by atoms with Crippen molar-refractivity contribution in [3.8, 4) is 5.69 Å². The summed E-state index contributed by atoms with van der Waals surface area (Å²) in [5, 5.41) is 14.5. The molecule has 8 nitrogen and oxygen atoms in total. The van der Waals surface area contributed by atoms with Gasteiger partial charge in [0.2, 0.25) is 0 Å². The molecule has 0 saturated heterocycles. The second kappa shape index (κ2) is 7.56. The van der Waals surface area contributed by atoms with E-state index >= 15 is 0 Å². The number of pyridine rings is 1. The van der Waals surface area contributed by atoms with Crippen LogP contribution in [0, 0.1) is 6.92 Å². The minimum Gasteiger partial charge on any atom is -0.322 e. The van der Waals surface area contributed by atoms with Gasteiger partial charge in [0, 0.05) is 33.4 Å². The van der Waals surface area contributed by atoms with Gasteiger partial charge in [0.25, 0.3) is 11.8 Å². The second-order valence-corrected chi connectivity index (χ2v) is 8.67. The SMILES string of the molecule is Cc1cc(NC(=O)c2cnn(-c3ccc4c5c(cccc35)C(=O)N4)c2C(F)(F)F)cc2c(Cl)cnn12. The van der Waals surface area contributed by atoms with E-state index in [4.69, 9.17) is 11.6 Å². The molecule has 6 rings (SSSR count). The van der Waals surface area contributed by atoms with Crippen molar-refractivity contribution in [2.45, 2.75) is 13.1 Å². The van der Waals surface area contributed by atoms with Gasteiger partial charge in [-0.15, -0.1) is 0 Å². The lowest BCUT2D eigenvalue weighted by Crippen LogP contribution is -2.21. The normalized spacial score (nSPS) is 13.0. The molecule has 0 spiro atoms. The fraction of sp³-hybridized carbons (Fsp3) is 0.0833. The molecule has 0 unspecified atom stereocenters. The number of alkyl halides is 3. The Bertz CT molecular complexity index is 1750. The first-order valence-electron chi connectivity index (χ1n) is 10.6. The van der Waals surface area contributed by atoms with Crippen molar-refractivity contribution < 1.29 is 22.8 Å². The third-order valence-electron chi connectivity index (χ3n) is 6.03. The van der Waals surface area contributed by atoms with Crippen LogP contribution in [-0.4, -0.2) is 31.2 Å². The number of aryl methyl sites for hydroxylation is 1. The van der Waals surface area contributed by atoms with E-state index in [0.29, 0.717) is 42.9 Å². The molecule has 0 atom stereocenters. The highest BCUT2D eigenvalue weighted by molar-refractivity contribution is 6.33. The number of aromatic nitrogens is 4. The van der Waals surface area contributed by atoms with Crippen molar-refractivity contribution in [2.75, 3.05) is 10.6 Å². The van der Waals surface area contributed by atoms with Gasteiger partial charge in [-0.2, -0.15) is 23.4 Å². The van der Waals surface area contributed by atoms with Crippen LogP contribution in [0.1, 0.15) is 32.1 Å². The zero-order valence-corrected chi connectivity index (χ0v) is 19.1. The molecule has 1 aliphatic heterocycles. The van der Waals surface area contributed by atoms with Crippen molar-refractivity contribution in [1.82, 2.24) is 19.4 Å². The summed E-state index contributed by atoms with van der Waals surface area (Å²) in [4.78, 5) is 25.3. The van der Waals surface area contributed by atoms with Gasteiger partial charge in [-0.05, 0) is 37.3 Å². The molecule has 0 radical (unpaired) electrons. The number of halogens is 4. The number of anilines is 2. The Morgan fingerprint density at radius 3 is 2.69 bits per heavy atom. The summed E-state index contributed by atoms with van der Waals surface area (Å²) >= 11 is 6.13. The highest BCUT2D eigenvalue weighted by Crippen LogP contribution is 2.39. The fourth-order valence-corrected chi connectivity index (χ4v) is 4.70. The first kappa shape index (κ1) is 22.1. The molecular weight excluding hydrogens is 497 g/mol. The van der Waals surface area contributed by atoms with Gasteiger partial charge < -0.3 is 10.6 Å². The standard InChI is InChI=1S/C24H14ClF3N6O2/c1-11-7-12(8-19-16(25)10-30-33(11)19)31-23(36)15-9-29-34(21(15)24(26,27)28)18-6-5-17-20-13(18)3-2-4-14(20)22(35)32-17/h2-10H,1H3,(H,31,36)(H,32,35). The molecule has 0 aliphatic carbocycles. The Kier molecular flexibility index (Phi) is 4.64. The number of rotatable bonds is 3. The molecule has 2 N–H and O–H groups in total. The van der Waals surface area contributed by atoms with Gasteiger partial charge in [-0.1, -0.05) is 23.7 Å². The van der Waals surface area contributed by atoms with E-state index in [9.17, 15) is 22.8 Å². The highest BCUT2D eigenvalue weighted by atomic mass is 35.5. The fourth-order valence-electron chi connectivity index (χ4n) is 4.52. The van der Waals surface area contributed by atoms with Crippen molar-refractivity contribution in [3.63, 3.8) is 0 Å². The molecule has 5 aromatic rings. The lowest BCUT2D eigenvalue weighted by Gasteiger charge is -2.15. The average molecular weight is 511 g/mol. The van der Waals surface area contributed by atoms with E-state index in [1.54, 1.807) is 35.7 Å². The van der Waals surface area contributed by atoms with Crippen LogP contribution in [-0.2, 0) is 6.18 Å². The number of benzene rings is 2. The summed E-state index contributed by atoms with van der Waals surface area (Å²) in [5.74, 6) is -1.33. The number of carbonyl (C=O) groups excluding carboxylic acids is 2. The van der Waals surface area contributed by atoms with Gasteiger partial charge in [-0.25, -0.2) is 9.20 Å². The predicted molar refractivity (Wildman–Crippen MR) is 127 cm³/mol. The second-order valence-electron chi connectivity index (χ2n) is 8.26. The van der Waals surface area contributed by atoms with Gasteiger partial charge in [0.1, 0.15) is 0 Å². The van der Waals surface area contributed by atoms with Gasteiger partial charge in [0.05, 0.1) is 34.2 Å². The van der Waals surface area contributed by atoms with E-state index < -0.39 is 23.3 Å². The molecule has 0 saturated carbocycles. The number of hydrogen-bond acceptors (Lipinski definition) is 4. The van der Waals surface area contributed by atoms with E-state index in [1.807, 2.05) is 0 Å². The molecule has 3 aromatic heterocycles. The van der Waals surface area contributed by atoms with Crippen molar-refractivity contribution in [2.24, 2.45) is 0 Å². The number of nitrogens with one attached hydrogen (secondary N) is 2. The molecule has 0 bridgehead atoms. The monoisotopic (exact) mass is 510 g/mol. The topological polar surface area (TPSA) is 93.3 Å².